The van der Waals surface area contributed by atoms with E-state index in [1.807, 2.05) is 13.2 Å². The van der Waals surface area contributed by atoms with Crippen LogP contribution < -0.4 is 11.1 Å². The summed E-state index contributed by atoms with van der Waals surface area (Å²) in [6.45, 7) is 2.96. The van der Waals surface area contributed by atoms with Crippen molar-refractivity contribution in [3.05, 3.63) is 0 Å². The number of carbonyl (C=O) groups is 1. The van der Waals surface area contributed by atoms with Crippen molar-refractivity contribution in [1.29, 1.82) is 0 Å². The van der Waals surface area contributed by atoms with Crippen LogP contribution >= 0.6 is 11.8 Å². The SMILES string of the molecule is CSCC(C)NC(=O)COCCN. The van der Waals surface area contributed by atoms with Gasteiger partial charge in [-0.15, -0.1) is 0 Å². The second-order valence-corrected chi connectivity index (χ2v) is 3.68. The largest absolute Gasteiger partial charge is 0.370 e. The van der Waals surface area contributed by atoms with Crippen LogP contribution in [0.5, 0.6) is 0 Å². The van der Waals surface area contributed by atoms with Crippen molar-refractivity contribution >= 4 is 17.7 Å². The third-order valence-corrected chi connectivity index (χ3v) is 2.15. The van der Waals surface area contributed by atoms with Gasteiger partial charge in [0.05, 0.1) is 6.61 Å². The van der Waals surface area contributed by atoms with E-state index in [0.717, 1.165) is 5.75 Å². The second-order valence-electron chi connectivity index (χ2n) is 2.77. The Labute approximate surface area is 83.6 Å². The Balaban J connectivity index is 3.38. The van der Waals surface area contributed by atoms with Crippen LogP contribution in [0.25, 0.3) is 0 Å². The first-order chi connectivity index (χ1) is 6.20. The Kier molecular flexibility index (Phi) is 8.18. The van der Waals surface area contributed by atoms with Crippen LogP contribution in [0.1, 0.15) is 6.92 Å². The second kappa shape index (κ2) is 8.34. The predicted octanol–water partition coefficient (Wildman–Crippen LogP) is -0.171. The Morgan fingerprint density at radius 1 is 1.69 bits per heavy atom. The number of rotatable bonds is 7. The molecule has 0 aliphatic carbocycles. The molecule has 0 bridgehead atoms. The molecule has 4 nitrogen and oxygen atoms in total. The molecule has 78 valence electrons. The highest BCUT2D eigenvalue weighted by Gasteiger charge is 2.05. The van der Waals surface area contributed by atoms with Crippen LogP contribution in [0, 0.1) is 0 Å². The minimum absolute atomic E-state index is 0.0741. The van der Waals surface area contributed by atoms with E-state index in [2.05, 4.69) is 5.32 Å². The lowest BCUT2D eigenvalue weighted by Gasteiger charge is -2.12. The lowest BCUT2D eigenvalue weighted by molar-refractivity contribution is -0.126. The van der Waals surface area contributed by atoms with Gasteiger partial charge in [-0.1, -0.05) is 0 Å². The Morgan fingerprint density at radius 2 is 2.38 bits per heavy atom. The fourth-order valence-corrected chi connectivity index (χ4v) is 1.44. The Hall–Kier alpha value is -0.260. The van der Waals surface area contributed by atoms with Crippen LogP contribution in [0.4, 0.5) is 0 Å². The van der Waals surface area contributed by atoms with Gasteiger partial charge in [0, 0.05) is 18.3 Å². The van der Waals surface area contributed by atoms with E-state index >= 15 is 0 Å². The Morgan fingerprint density at radius 3 is 2.92 bits per heavy atom. The number of hydrogen-bond donors (Lipinski definition) is 2. The summed E-state index contributed by atoms with van der Waals surface area (Å²) in [4.78, 5) is 11.1. The molecular weight excluding hydrogens is 188 g/mol. The predicted molar refractivity (Wildman–Crippen MR) is 55.9 cm³/mol. The van der Waals surface area contributed by atoms with Crippen LogP contribution in [0.15, 0.2) is 0 Å². The van der Waals surface area contributed by atoms with Crippen molar-refractivity contribution in [1.82, 2.24) is 5.32 Å². The third kappa shape index (κ3) is 8.08. The standard InChI is InChI=1S/C8H18N2O2S/c1-7(6-13-2)10-8(11)5-12-4-3-9/h7H,3-6,9H2,1-2H3,(H,10,11). The van der Waals surface area contributed by atoms with Crippen molar-refractivity contribution in [3.63, 3.8) is 0 Å². The van der Waals surface area contributed by atoms with Crippen molar-refractivity contribution in [2.24, 2.45) is 5.73 Å². The smallest absolute Gasteiger partial charge is 0.246 e. The molecule has 3 N–H and O–H groups in total. The topological polar surface area (TPSA) is 64.3 Å². The summed E-state index contributed by atoms with van der Waals surface area (Å²) in [5.74, 6) is 0.845. The molecule has 0 saturated carbocycles. The van der Waals surface area contributed by atoms with Gasteiger partial charge in [-0.3, -0.25) is 4.79 Å². The minimum Gasteiger partial charge on any atom is -0.370 e. The highest BCUT2D eigenvalue weighted by atomic mass is 32.2. The molecular formula is C8H18N2O2S. The van der Waals surface area contributed by atoms with Gasteiger partial charge in [-0.2, -0.15) is 11.8 Å². The fraction of sp³-hybridized carbons (Fsp3) is 0.875. The van der Waals surface area contributed by atoms with Crippen molar-refractivity contribution in [3.8, 4) is 0 Å². The number of ether oxygens (including phenoxy) is 1. The van der Waals surface area contributed by atoms with Crippen LogP contribution in [0.3, 0.4) is 0 Å². The molecule has 5 heteroatoms. The molecule has 0 heterocycles. The maximum Gasteiger partial charge on any atom is 0.246 e. The maximum atomic E-state index is 11.1. The van der Waals surface area contributed by atoms with E-state index in [1.54, 1.807) is 11.8 Å². The molecule has 0 spiro atoms. The van der Waals surface area contributed by atoms with Crippen LogP contribution in [0.2, 0.25) is 0 Å². The lowest BCUT2D eigenvalue weighted by atomic mass is 10.4. The van der Waals surface area contributed by atoms with Gasteiger partial charge in [0.25, 0.3) is 0 Å². The molecule has 0 aliphatic rings. The number of amides is 1. The molecule has 1 atom stereocenters. The van der Waals surface area contributed by atoms with Crippen molar-refractivity contribution in [2.45, 2.75) is 13.0 Å². The molecule has 13 heavy (non-hydrogen) atoms. The summed E-state index contributed by atoms with van der Waals surface area (Å²) in [6, 6.07) is 0.198. The zero-order chi connectivity index (χ0) is 10.1. The lowest BCUT2D eigenvalue weighted by Crippen LogP contribution is -2.37. The first kappa shape index (κ1) is 12.7. The first-order valence-electron chi connectivity index (χ1n) is 4.26. The summed E-state index contributed by atoms with van der Waals surface area (Å²) >= 11 is 1.70. The summed E-state index contributed by atoms with van der Waals surface area (Å²) in [5, 5.41) is 2.81. The maximum absolute atomic E-state index is 11.1. The molecule has 0 rings (SSSR count). The van der Waals surface area contributed by atoms with Crippen LogP contribution in [-0.4, -0.2) is 43.7 Å². The van der Waals surface area contributed by atoms with Crippen molar-refractivity contribution in [2.75, 3.05) is 31.8 Å². The van der Waals surface area contributed by atoms with E-state index < -0.39 is 0 Å². The van der Waals surface area contributed by atoms with Crippen LogP contribution in [-0.2, 0) is 9.53 Å². The molecule has 0 radical (unpaired) electrons. The highest BCUT2D eigenvalue weighted by molar-refractivity contribution is 7.98. The van der Waals surface area contributed by atoms with Gasteiger partial charge >= 0.3 is 0 Å². The van der Waals surface area contributed by atoms with Gasteiger partial charge in [-0.25, -0.2) is 0 Å². The summed E-state index contributed by atoms with van der Waals surface area (Å²) < 4.78 is 4.98. The number of carbonyl (C=O) groups excluding carboxylic acids is 1. The van der Waals surface area contributed by atoms with Gasteiger partial charge in [0.1, 0.15) is 6.61 Å². The minimum atomic E-state index is -0.0741. The number of nitrogens with one attached hydrogen (secondary N) is 1. The molecule has 1 unspecified atom stereocenters. The first-order valence-corrected chi connectivity index (χ1v) is 5.66. The van der Waals surface area contributed by atoms with Gasteiger partial charge in [0.2, 0.25) is 5.91 Å². The molecule has 0 saturated heterocycles. The van der Waals surface area contributed by atoms with Gasteiger partial charge in [0.15, 0.2) is 0 Å². The average Bonchev–Trinajstić information content (AvgIpc) is 2.05. The highest BCUT2D eigenvalue weighted by Crippen LogP contribution is 1.95. The quantitative estimate of drug-likeness (QED) is 0.568. The van der Waals surface area contributed by atoms with E-state index in [-0.39, 0.29) is 18.6 Å². The van der Waals surface area contributed by atoms with E-state index in [4.69, 9.17) is 10.5 Å². The van der Waals surface area contributed by atoms with Gasteiger partial charge < -0.3 is 15.8 Å². The monoisotopic (exact) mass is 206 g/mol. The normalized spacial score (nSPS) is 12.5. The zero-order valence-corrected chi connectivity index (χ0v) is 9.02. The number of hydrogen-bond acceptors (Lipinski definition) is 4. The molecule has 0 aliphatic heterocycles. The van der Waals surface area contributed by atoms with Gasteiger partial charge in [-0.05, 0) is 13.2 Å². The fourth-order valence-electron chi connectivity index (χ4n) is 0.856. The van der Waals surface area contributed by atoms with E-state index in [9.17, 15) is 4.79 Å². The molecule has 0 aromatic carbocycles. The zero-order valence-electron chi connectivity index (χ0n) is 8.21. The number of thioether (sulfide) groups is 1. The average molecular weight is 206 g/mol. The molecule has 0 aromatic rings. The van der Waals surface area contributed by atoms with E-state index in [0.29, 0.717) is 13.2 Å². The Bertz CT molecular complexity index is 144. The summed E-state index contributed by atoms with van der Waals surface area (Å²) in [7, 11) is 0. The molecule has 1 amide bonds. The van der Waals surface area contributed by atoms with E-state index in [1.165, 1.54) is 0 Å². The summed E-state index contributed by atoms with van der Waals surface area (Å²) in [5.41, 5.74) is 5.20. The molecule has 0 fully saturated rings. The summed E-state index contributed by atoms with van der Waals surface area (Å²) in [6.07, 6.45) is 2.01. The molecule has 0 aromatic heterocycles. The number of nitrogens with two attached hydrogens (primary N) is 1. The van der Waals surface area contributed by atoms with Crippen molar-refractivity contribution < 1.29 is 9.53 Å². The third-order valence-electron chi connectivity index (χ3n) is 1.32.